The molecule has 0 radical (unpaired) electrons. The van der Waals surface area contributed by atoms with Crippen LogP contribution in [0.1, 0.15) is 32.3 Å². The van der Waals surface area contributed by atoms with E-state index in [0.717, 1.165) is 49.4 Å². The molecular formula is C22H28FN7O2. The van der Waals surface area contributed by atoms with Crippen molar-refractivity contribution < 1.29 is 13.9 Å². The van der Waals surface area contributed by atoms with E-state index in [4.69, 9.17) is 9.47 Å². The first-order valence-electron chi connectivity index (χ1n) is 10.9. The fourth-order valence-electron chi connectivity index (χ4n) is 3.84. The van der Waals surface area contributed by atoms with Crippen molar-refractivity contribution in [3.63, 3.8) is 0 Å². The van der Waals surface area contributed by atoms with Crippen LogP contribution in [-0.4, -0.2) is 62.9 Å². The average molecular weight is 442 g/mol. The third kappa shape index (κ3) is 5.31. The monoisotopic (exact) mass is 441 g/mol. The van der Waals surface area contributed by atoms with Crippen molar-refractivity contribution in [2.45, 2.75) is 39.3 Å². The number of aromatic nitrogens is 5. The van der Waals surface area contributed by atoms with Crippen LogP contribution in [0.2, 0.25) is 0 Å². The number of aromatic amines is 1. The van der Waals surface area contributed by atoms with E-state index in [9.17, 15) is 4.39 Å². The number of likely N-dealkylation sites (tertiary alicyclic amines) is 1. The molecule has 0 atom stereocenters. The van der Waals surface area contributed by atoms with Crippen molar-refractivity contribution >= 4 is 5.82 Å². The first-order chi connectivity index (χ1) is 15.7. The summed E-state index contributed by atoms with van der Waals surface area (Å²) in [7, 11) is 0. The van der Waals surface area contributed by atoms with Crippen molar-refractivity contribution in [3.05, 3.63) is 41.8 Å². The molecule has 0 aliphatic carbocycles. The van der Waals surface area contributed by atoms with Gasteiger partial charge >= 0.3 is 0 Å². The third-order valence-corrected chi connectivity index (χ3v) is 5.38. The number of H-pyrrole nitrogens is 1. The fourth-order valence-corrected chi connectivity index (χ4v) is 3.84. The van der Waals surface area contributed by atoms with Gasteiger partial charge in [0.2, 0.25) is 11.6 Å². The van der Waals surface area contributed by atoms with Crippen LogP contribution in [0.25, 0.3) is 11.4 Å². The predicted octanol–water partition coefficient (Wildman–Crippen LogP) is 3.27. The number of halogens is 1. The summed E-state index contributed by atoms with van der Waals surface area (Å²) in [6.07, 6.45) is 3.72. The Morgan fingerprint density at radius 3 is 2.41 bits per heavy atom. The molecule has 2 N–H and O–H groups in total. The Hall–Kier alpha value is -3.27. The van der Waals surface area contributed by atoms with Gasteiger partial charge in [0.05, 0.1) is 13.2 Å². The van der Waals surface area contributed by atoms with E-state index in [0.29, 0.717) is 25.1 Å². The number of benzene rings is 1. The van der Waals surface area contributed by atoms with E-state index in [1.807, 2.05) is 26.0 Å². The molecule has 1 aliphatic rings. The molecule has 2 aromatic heterocycles. The number of piperidine rings is 1. The van der Waals surface area contributed by atoms with Gasteiger partial charge in [0.25, 0.3) is 0 Å². The van der Waals surface area contributed by atoms with Gasteiger partial charge in [0.15, 0.2) is 11.5 Å². The summed E-state index contributed by atoms with van der Waals surface area (Å²) in [5, 5.41) is 17.4. The normalized spacial score (nSPS) is 15.0. The lowest BCUT2D eigenvalue weighted by molar-refractivity contribution is 0.210. The smallest absolute Gasteiger partial charge is 0.206 e. The second kappa shape index (κ2) is 10.4. The number of hydrogen-bond acceptors (Lipinski definition) is 8. The summed E-state index contributed by atoms with van der Waals surface area (Å²) in [6.45, 7) is 7.11. The molecule has 170 valence electrons. The van der Waals surface area contributed by atoms with Crippen molar-refractivity contribution in [2.75, 3.05) is 31.6 Å². The Balaban J connectivity index is 1.32. The van der Waals surface area contributed by atoms with E-state index in [2.05, 4.69) is 35.8 Å². The van der Waals surface area contributed by atoms with Crippen LogP contribution in [0.5, 0.6) is 11.5 Å². The predicted molar refractivity (Wildman–Crippen MR) is 118 cm³/mol. The van der Waals surface area contributed by atoms with Gasteiger partial charge in [-0.25, -0.2) is 4.98 Å². The van der Waals surface area contributed by atoms with Crippen LogP contribution in [0.3, 0.4) is 0 Å². The Kier molecular flexibility index (Phi) is 7.10. The maximum absolute atomic E-state index is 14.5. The second-order valence-electron chi connectivity index (χ2n) is 7.63. The molecule has 10 heteroatoms. The molecule has 1 fully saturated rings. The average Bonchev–Trinajstić information content (AvgIpc) is 3.34. The van der Waals surface area contributed by atoms with Crippen LogP contribution in [0.15, 0.2) is 30.5 Å². The number of nitrogens with zero attached hydrogens (tertiary/aromatic N) is 5. The molecule has 3 aromatic rings. The maximum Gasteiger partial charge on any atom is 0.206 e. The highest BCUT2D eigenvalue weighted by Crippen LogP contribution is 2.30. The number of rotatable bonds is 9. The van der Waals surface area contributed by atoms with Gasteiger partial charge < -0.3 is 14.8 Å². The fraction of sp³-hybridized carbons (Fsp3) is 0.455. The molecule has 1 saturated heterocycles. The zero-order valence-electron chi connectivity index (χ0n) is 18.3. The number of nitrogens with one attached hydrogen (secondary N) is 2. The van der Waals surface area contributed by atoms with Crippen molar-refractivity contribution in [3.8, 4) is 22.9 Å². The molecule has 0 unspecified atom stereocenters. The second-order valence-corrected chi connectivity index (χ2v) is 7.63. The topological polar surface area (TPSA) is 101 Å². The summed E-state index contributed by atoms with van der Waals surface area (Å²) < 4.78 is 25.4. The summed E-state index contributed by atoms with van der Waals surface area (Å²) in [6, 6.07) is 7.76. The van der Waals surface area contributed by atoms with E-state index < -0.39 is 5.82 Å². The van der Waals surface area contributed by atoms with E-state index in [1.165, 1.54) is 0 Å². The van der Waals surface area contributed by atoms with Crippen molar-refractivity contribution in [1.29, 1.82) is 0 Å². The molecule has 0 saturated carbocycles. The van der Waals surface area contributed by atoms with Crippen LogP contribution in [0, 0.1) is 5.82 Å². The van der Waals surface area contributed by atoms with Crippen LogP contribution in [0.4, 0.5) is 10.2 Å². The molecule has 0 spiro atoms. The minimum Gasteiger partial charge on any atom is -0.491 e. The lowest BCUT2D eigenvalue weighted by atomic mass is 10.0. The zero-order valence-corrected chi connectivity index (χ0v) is 18.3. The minimum atomic E-state index is -0.432. The van der Waals surface area contributed by atoms with Crippen LogP contribution in [-0.2, 0) is 6.54 Å². The molecule has 0 bridgehead atoms. The van der Waals surface area contributed by atoms with Crippen LogP contribution >= 0.6 is 0 Å². The first-order valence-corrected chi connectivity index (χ1v) is 10.9. The summed E-state index contributed by atoms with van der Waals surface area (Å²) in [5.41, 5.74) is 1.81. The summed E-state index contributed by atoms with van der Waals surface area (Å²) >= 11 is 0. The molecule has 3 heterocycles. The number of tetrazole rings is 1. The first kappa shape index (κ1) is 21.9. The lowest BCUT2D eigenvalue weighted by Gasteiger charge is -2.32. The van der Waals surface area contributed by atoms with E-state index >= 15 is 0 Å². The molecule has 4 rings (SSSR count). The highest BCUT2D eigenvalue weighted by molar-refractivity contribution is 5.55. The molecule has 9 nitrogen and oxygen atoms in total. The maximum atomic E-state index is 14.5. The summed E-state index contributed by atoms with van der Waals surface area (Å²) in [5.74, 6) is 1.42. The Morgan fingerprint density at radius 2 is 1.84 bits per heavy atom. The quantitative estimate of drug-likeness (QED) is 0.522. The number of anilines is 1. The molecular weight excluding hydrogens is 413 g/mol. The summed E-state index contributed by atoms with van der Waals surface area (Å²) in [4.78, 5) is 6.83. The highest BCUT2D eigenvalue weighted by Gasteiger charge is 2.21. The van der Waals surface area contributed by atoms with Gasteiger partial charge in [0, 0.05) is 37.4 Å². The number of hydrogen-bond donors (Lipinski definition) is 2. The number of ether oxygens (including phenoxy) is 2. The molecule has 0 amide bonds. The third-order valence-electron chi connectivity index (χ3n) is 5.38. The van der Waals surface area contributed by atoms with Crippen LogP contribution < -0.4 is 14.8 Å². The molecule has 1 aromatic carbocycles. The van der Waals surface area contributed by atoms with E-state index in [1.54, 1.807) is 18.3 Å². The SMILES string of the molecule is CCOc1cc(CN2CCC(Nc3ccc(-c4nn[nH]n4)cn3)CC2)cc(OCC)c1F. The molecule has 1 aliphatic heterocycles. The van der Waals surface area contributed by atoms with Crippen molar-refractivity contribution in [1.82, 2.24) is 30.5 Å². The van der Waals surface area contributed by atoms with Gasteiger partial charge in [-0.1, -0.05) is 0 Å². The van der Waals surface area contributed by atoms with Crippen molar-refractivity contribution in [2.24, 2.45) is 0 Å². The minimum absolute atomic E-state index is 0.250. The van der Waals surface area contributed by atoms with Gasteiger partial charge in [0.1, 0.15) is 5.82 Å². The Morgan fingerprint density at radius 1 is 1.12 bits per heavy atom. The molecule has 32 heavy (non-hydrogen) atoms. The standard InChI is InChI=1S/C22H28FN7O2/c1-3-31-18-11-15(12-19(21(18)23)32-4-2)14-30-9-7-17(8-10-30)25-20-6-5-16(13-24-20)22-26-28-29-27-22/h5-6,11-13,17H,3-4,7-10,14H2,1-2H3,(H,24,25)(H,26,27,28,29). The number of pyridine rings is 1. The Bertz CT molecular complexity index is 963. The zero-order chi connectivity index (χ0) is 22.3. The van der Waals surface area contributed by atoms with Gasteiger partial charge in [-0.05, 0) is 61.7 Å². The Labute approximate surface area is 186 Å². The largest absolute Gasteiger partial charge is 0.491 e. The highest BCUT2D eigenvalue weighted by atomic mass is 19.1. The van der Waals surface area contributed by atoms with E-state index in [-0.39, 0.29) is 11.5 Å². The van der Waals surface area contributed by atoms with Gasteiger partial charge in [-0.15, -0.1) is 10.2 Å². The lowest BCUT2D eigenvalue weighted by Crippen LogP contribution is -2.38. The van der Waals surface area contributed by atoms with Gasteiger partial charge in [-0.2, -0.15) is 9.60 Å². The van der Waals surface area contributed by atoms with Gasteiger partial charge in [-0.3, -0.25) is 4.90 Å².